The third-order valence-corrected chi connectivity index (χ3v) is 2.81. The Hall–Kier alpha value is -0.900. The van der Waals surface area contributed by atoms with E-state index in [0.717, 1.165) is 16.2 Å². The fourth-order valence-electron chi connectivity index (χ4n) is 1.16. The molecule has 4 heteroatoms. The van der Waals surface area contributed by atoms with E-state index in [9.17, 15) is 4.79 Å². The van der Waals surface area contributed by atoms with Gasteiger partial charge in [0, 0.05) is 11.1 Å². The quantitative estimate of drug-likeness (QED) is 0.573. The number of carbonyl (C=O) groups excluding carboxylic acids is 1. The van der Waals surface area contributed by atoms with Crippen LogP contribution in [0, 0.1) is 13.8 Å². The van der Waals surface area contributed by atoms with Crippen LogP contribution in [-0.4, -0.2) is 18.8 Å². The Labute approximate surface area is 87.8 Å². The maximum absolute atomic E-state index is 11.4. The van der Waals surface area contributed by atoms with Crippen LogP contribution in [0.25, 0.3) is 0 Å². The van der Waals surface area contributed by atoms with E-state index in [2.05, 4.69) is 0 Å². The van der Waals surface area contributed by atoms with Gasteiger partial charge in [-0.3, -0.25) is 0 Å². The molecule has 0 amide bonds. The van der Waals surface area contributed by atoms with Gasteiger partial charge < -0.3 is 9.15 Å². The molecule has 14 heavy (non-hydrogen) atoms. The van der Waals surface area contributed by atoms with Crippen molar-refractivity contribution in [1.82, 2.24) is 0 Å². The molecule has 0 aromatic carbocycles. The van der Waals surface area contributed by atoms with Gasteiger partial charge in [0.05, 0.1) is 6.61 Å². The minimum Gasteiger partial charge on any atom is -0.460 e. The van der Waals surface area contributed by atoms with E-state index in [4.69, 9.17) is 9.15 Å². The molecule has 1 aromatic heterocycles. The first-order valence-corrected chi connectivity index (χ1v) is 5.65. The summed E-state index contributed by atoms with van der Waals surface area (Å²) in [5, 5.41) is 0.783. The molecule has 78 valence electrons. The number of thioether (sulfide) groups is 1. The van der Waals surface area contributed by atoms with Gasteiger partial charge in [-0.2, -0.15) is 0 Å². The van der Waals surface area contributed by atoms with Gasteiger partial charge in [0.25, 0.3) is 0 Å². The van der Waals surface area contributed by atoms with Gasteiger partial charge >= 0.3 is 5.97 Å². The van der Waals surface area contributed by atoms with Gasteiger partial charge in [0.15, 0.2) is 5.09 Å². The molecular weight excluding hydrogens is 200 g/mol. The molecule has 0 aliphatic rings. The van der Waals surface area contributed by atoms with E-state index in [1.807, 2.05) is 20.1 Å². The van der Waals surface area contributed by atoms with Crippen molar-refractivity contribution < 1.29 is 13.9 Å². The summed E-state index contributed by atoms with van der Waals surface area (Å²) >= 11 is 1.49. The van der Waals surface area contributed by atoms with Gasteiger partial charge in [-0.1, -0.05) is 11.8 Å². The van der Waals surface area contributed by atoms with Gasteiger partial charge in [0.2, 0.25) is 5.76 Å². The molecule has 0 atom stereocenters. The zero-order valence-corrected chi connectivity index (χ0v) is 9.66. The summed E-state index contributed by atoms with van der Waals surface area (Å²) in [6.45, 7) is 5.95. The lowest BCUT2D eigenvalue weighted by atomic mass is 10.2. The van der Waals surface area contributed by atoms with Crippen LogP contribution in [-0.2, 0) is 4.74 Å². The highest BCUT2D eigenvalue weighted by Crippen LogP contribution is 2.28. The predicted molar refractivity (Wildman–Crippen MR) is 55.9 cm³/mol. The van der Waals surface area contributed by atoms with Crippen LogP contribution >= 0.6 is 11.8 Å². The summed E-state index contributed by atoms with van der Waals surface area (Å²) in [6.07, 6.45) is 1.92. The molecule has 0 fully saturated rings. The molecule has 0 N–H and O–H groups in total. The summed E-state index contributed by atoms with van der Waals surface area (Å²) in [4.78, 5) is 11.4. The largest absolute Gasteiger partial charge is 0.460 e. The van der Waals surface area contributed by atoms with Crippen molar-refractivity contribution in [3.8, 4) is 0 Å². The summed E-state index contributed by atoms with van der Waals surface area (Å²) in [5.74, 6) is -0.0536. The smallest absolute Gasteiger partial charge is 0.374 e. The fourth-order valence-corrected chi connectivity index (χ4v) is 1.78. The number of carbonyl (C=O) groups is 1. The van der Waals surface area contributed by atoms with Crippen molar-refractivity contribution in [2.75, 3.05) is 12.9 Å². The second kappa shape index (κ2) is 4.55. The molecule has 0 saturated carbocycles. The van der Waals surface area contributed by atoms with E-state index in [1.165, 1.54) is 11.8 Å². The van der Waals surface area contributed by atoms with Crippen molar-refractivity contribution in [3.63, 3.8) is 0 Å². The Balaban J connectivity index is 3.04. The minimum atomic E-state index is -0.381. The van der Waals surface area contributed by atoms with E-state index >= 15 is 0 Å². The molecule has 0 aliphatic heterocycles. The van der Waals surface area contributed by atoms with Crippen LogP contribution < -0.4 is 0 Å². The van der Waals surface area contributed by atoms with Gasteiger partial charge in [-0.05, 0) is 27.0 Å². The standard InChI is InChI=1S/C10H14O3S/c1-5-12-9(11)8-6(2)7(3)10(13-8)14-4/h5H2,1-4H3. The predicted octanol–water partition coefficient (Wildman–Crippen LogP) is 2.80. The average molecular weight is 214 g/mol. The lowest BCUT2D eigenvalue weighted by Crippen LogP contribution is -2.04. The van der Waals surface area contributed by atoms with E-state index in [-0.39, 0.29) is 5.97 Å². The molecule has 0 radical (unpaired) electrons. The fraction of sp³-hybridized carbons (Fsp3) is 0.500. The number of esters is 1. The topological polar surface area (TPSA) is 39.4 Å². The number of furan rings is 1. The number of hydrogen-bond acceptors (Lipinski definition) is 4. The summed E-state index contributed by atoms with van der Waals surface area (Å²) in [7, 11) is 0. The second-order valence-electron chi connectivity index (χ2n) is 2.89. The third kappa shape index (κ3) is 1.95. The highest BCUT2D eigenvalue weighted by molar-refractivity contribution is 7.98. The van der Waals surface area contributed by atoms with Crippen LogP contribution in [0.3, 0.4) is 0 Å². The van der Waals surface area contributed by atoms with Crippen LogP contribution in [0.2, 0.25) is 0 Å². The van der Waals surface area contributed by atoms with E-state index in [0.29, 0.717) is 12.4 Å². The monoisotopic (exact) mass is 214 g/mol. The normalized spacial score (nSPS) is 10.3. The highest BCUT2D eigenvalue weighted by Gasteiger charge is 2.19. The van der Waals surface area contributed by atoms with E-state index < -0.39 is 0 Å². The molecule has 1 heterocycles. The maximum atomic E-state index is 11.4. The van der Waals surface area contributed by atoms with Crippen LogP contribution in [0.5, 0.6) is 0 Å². The Kier molecular flexibility index (Phi) is 3.63. The van der Waals surface area contributed by atoms with Crippen LogP contribution in [0.4, 0.5) is 0 Å². The highest BCUT2D eigenvalue weighted by atomic mass is 32.2. The zero-order valence-electron chi connectivity index (χ0n) is 8.84. The molecule has 0 bridgehead atoms. The molecular formula is C10H14O3S. The van der Waals surface area contributed by atoms with Gasteiger partial charge in [-0.25, -0.2) is 4.79 Å². The average Bonchev–Trinajstić information content (AvgIpc) is 2.44. The van der Waals surface area contributed by atoms with Gasteiger partial charge in [-0.15, -0.1) is 0 Å². The zero-order chi connectivity index (χ0) is 10.7. The number of rotatable bonds is 3. The SMILES string of the molecule is CCOC(=O)c1oc(SC)c(C)c1C. The Morgan fingerprint density at radius 1 is 1.43 bits per heavy atom. The van der Waals surface area contributed by atoms with Crippen molar-refractivity contribution in [2.24, 2.45) is 0 Å². The molecule has 3 nitrogen and oxygen atoms in total. The summed E-state index contributed by atoms with van der Waals surface area (Å²) in [5.41, 5.74) is 1.88. The Morgan fingerprint density at radius 3 is 2.50 bits per heavy atom. The van der Waals surface area contributed by atoms with Crippen LogP contribution in [0.1, 0.15) is 28.6 Å². The second-order valence-corrected chi connectivity index (χ2v) is 3.67. The first-order chi connectivity index (χ1) is 6.61. The summed E-state index contributed by atoms with van der Waals surface area (Å²) in [6, 6.07) is 0. The number of ether oxygens (including phenoxy) is 1. The molecule has 0 spiro atoms. The minimum absolute atomic E-state index is 0.328. The van der Waals surface area contributed by atoms with E-state index in [1.54, 1.807) is 6.92 Å². The number of hydrogen-bond donors (Lipinski definition) is 0. The first-order valence-electron chi connectivity index (χ1n) is 4.42. The van der Waals surface area contributed by atoms with Crippen molar-refractivity contribution in [3.05, 3.63) is 16.9 Å². The molecule has 1 rings (SSSR count). The third-order valence-electron chi connectivity index (χ3n) is 2.05. The lowest BCUT2D eigenvalue weighted by Gasteiger charge is -1.98. The Bertz CT molecular complexity index is 341. The summed E-state index contributed by atoms with van der Waals surface area (Å²) < 4.78 is 10.3. The van der Waals surface area contributed by atoms with Crippen molar-refractivity contribution >= 4 is 17.7 Å². The molecule has 0 aliphatic carbocycles. The van der Waals surface area contributed by atoms with Crippen LogP contribution in [0.15, 0.2) is 9.51 Å². The van der Waals surface area contributed by atoms with Gasteiger partial charge in [0.1, 0.15) is 0 Å². The Morgan fingerprint density at radius 2 is 2.07 bits per heavy atom. The van der Waals surface area contributed by atoms with Crippen molar-refractivity contribution in [2.45, 2.75) is 25.9 Å². The maximum Gasteiger partial charge on any atom is 0.374 e. The molecule has 1 aromatic rings. The lowest BCUT2D eigenvalue weighted by molar-refractivity contribution is 0.0483. The molecule has 0 unspecified atom stereocenters. The first kappa shape index (κ1) is 11.2. The van der Waals surface area contributed by atoms with Crippen molar-refractivity contribution in [1.29, 1.82) is 0 Å². The molecule has 0 saturated heterocycles.